The summed E-state index contributed by atoms with van der Waals surface area (Å²) in [7, 11) is 2.10. The second-order valence-electron chi connectivity index (χ2n) is 4.83. The summed E-state index contributed by atoms with van der Waals surface area (Å²) in [6.45, 7) is 5.38. The lowest BCUT2D eigenvalue weighted by molar-refractivity contribution is 0.0853. The van der Waals surface area contributed by atoms with Gasteiger partial charge in [-0.15, -0.1) is 0 Å². The maximum atomic E-state index is 6.18. The van der Waals surface area contributed by atoms with Crippen LogP contribution in [-0.4, -0.2) is 37.8 Å². The van der Waals surface area contributed by atoms with Crippen LogP contribution in [0, 0.1) is 0 Å². The summed E-state index contributed by atoms with van der Waals surface area (Å²) in [4.78, 5) is 6.92. The summed E-state index contributed by atoms with van der Waals surface area (Å²) >= 11 is 6.18. The standard InChI is InChI=1S/C14H22ClN3O/c1-3-16-10-13-12(15)4-5-14(17-13)18(2)11-6-8-19-9-7-11/h4-5,11,16H,3,6-10H2,1-2H3. The van der Waals surface area contributed by atoms with Crippen LogP contribution in [0.2, 0.25) is 5.02 Å². The minimum absolute atomic E-state index is 0.509. The first-order valence-electron chi connectivity index (χ1n) is 6.89. The van der Waals surface area contributed by atoms with Gasteiger partial charge in [-0.25, -0.2) is 4.98 Å². The van der Waals surface area contributed by atoms with E-state index in [-0.39, 0.29) is 0 Å². The molecule has 1 aliphatic heterocycles. The molecule has 0 amide bonds. The molecule has 1 saturated heterocycles. The number of hydrogen-bond donors (Lipinski definition) is 1. The van der Waals surface area contributed by atoms with Crippen LogP contribution in [0.5, 0.6) is 0 Å². The van der Waals surface area contributed by atoms with Gasteiger partial charge in [0.2, 0.25) is 0 Å². The van der Waals surface area contributed by atoms with Crippen LogP contribution < -0.4 is 10.2 Å². The molecule has 106 valence electrons. The van der Waals surface area contributed by atoms with E-state index < -0.39 is 0 Å². The van der Waals surface area contributed by atoms with Crippen molar-refractivity contribution in [1.82, 2.24) is 10.3 Å². The molecule has 0 saturated carbocycles. The van der Waals surface area contributed by atoms with Crippen molar-refractivity contribution in [2.45, 2.75) is 32.4 Å². The second-order valence-corrected chi connectivity index (χ2v) is 5.24. The van der Waals surface area contributed by atoms with E-state index in [9.17, 15) is 0 Å². The van der Waals surface area contributed by atoms with Gasteiger partial charge in [0.05, 0.1) is 10.7 Å². The molecule has 0 unspecified atom stereocenters. The number of aromatic nitrogens is 1. The molecule has 1 aromatic rings. The van der Waals surface area contributed by atoms with E-state index in [0.717, 1.165) is 49.1 Å². The molecule has 0 spiro atoms. The van der Waals surface area contributed by atoms with Crippen molar-refractivity contribution in [3.8, 4) is 0 Å². The highest BCUT2D eigenvalue weighted by molar-refractivity contribution is 6.31. The van der Waals surface area contributed by atoms with Crippen molar-refractivity contribution in [3.05, 3.63) is 22.8 Å². The summed E-state index contributed by atoms with van der Waals surface area (Å²) in [5.74, 6) is 0.990. The Balaban J connectivity index is 2.10. The lowest BCUT2D eigenvalue weighted by Gasteiger charge is -2.32. The Morgan fingerprint density at radius 1 is 1.42 bits per heavy atom. The minimum atomic E-state index is 0.509. The first-order chi connectivity index (χ1) is 9.22. The zero-order chi connectivity index (χ0) is 13.7. The maximum absolute atomic E-state index is 6.18. The molecule has 1 aromatic heterocycles. The predicted molar refractivity (Wildman–Crippen MR) is 78.9 cm³/mol. The van der Waals surface area contributed by atoms with Crippen LogP contribution in [0.1, 0.15) is 25.5 Å². The van der Waals surface area contributed by atoms with E-state index in [2.05, 4.69) is 29.2 Å². The van der Waals surface area contributed by atoms with Gasteiger partial charge in [0.25, 0.3) is 0 Å². The minimum Gasteiger partial charge on any atom is -0.381 e. The number of anilines is 1. The van der Waals surface area contributed by atoms with Crippen molar-refractivity contribution in [2.24, 2.45) is 0 Å². The summed E-state index contributed by atoms with van der Waals surface area (Å²) in [6.07, 6.45) is 2.12. The molecule has 1 fully saturated rings. The fourth-order valence-corrected chi connectivity index (χ4v) is 2.47. The van der Waals surface area contributed by atoms with Gasteiger partial charge in [0, 0.05) is 32.8 Å². The largest absolute Gasteiger partial charge is 0.381 e. The van der Waals surface area contributed by atoms with E-state index in [4.69, 9.17) is 16.3 Å². The molecule has 2 rings (SSSR count). The summed E-state index contributed by atoms with van der Waals surface area (Å²) in [5.41, 5.74) is 0.917. The van der Waals surface area contributed by atoms with E-state index in [0.29, 0.717) is 12.6 Å². The Labute approximate surface area is 120 Å². The Morgan fingerprint density at radius 3 is 2.84 bits per heavy atom. The van der Waals surface area contributed by atoms with Gasteiger partial charge in [0.15, 0.2) is 0 Å². The van der Waals surface area contributed by atoms with Crippen LogP contribution >= 0.6 is 11.6 Å². The van der Waals surface area contributed by atoms with Crippen molar-refractivity contribution in [3.63, 3.8) is 0 Å². The molecule has 19 heavy (non-hydrogen) atoms. The highest BCUT2D eigenvalue weighted by Crippen LogP contribution is 2.23. The van der Waals surface area contributed by atoms with E-state index in [1.165, 1.54) is 0 Å². The van der Waals surface area contributed by atoms with Crippen molar-refractivity contribution in [2.75, 3.05) is 31.7 Å². The van der Waals surface area contributed by atoms with Crippen LogP contribution in [0.4, 0.5) is 5.82 Å². The topological polar surface area (TPSA) is 37.4 Å². The van der Waals surface area contributed by atoms with Crippen LogP contribution in [0.15, 0.2) is 12.1 Å². The maximum Gasteiger partial charge on any atom is 0.128 e. The molecule has 5 heteroatoms. The first kappa shape index (κ1) is 14.6. The summed E-state index contributed by atoms with van der Waals surface area (Å²) in [5, 5.41) is 3.99. The predicted octanol–water partition coefficient (Wildman–Crippen LogP) is 2.46. The van der Waals surface area contributed by atoms with Crippen molar-refractivity contribution >= 4 is 17.4 Å². The molecule has 0 bridgehead atoms. The fourth-order valence-electron chi connectivity index (χ4n) is 2.30. The van der Waals surface area contributed by atoms with Crippen LogP contribution in [-0.2, 0) is 11.3 Å². The van der Waals surface area contributed by atoms with E-state index >= 15 is 0 Å². The highest BCUT2D eigenvalue weighted by Gasteiger charge is 2.20. The fraction of sp³-hybridized carbons (Fsp3) is 0.643. The lowest BCUT2D eigenvalue weighted by atomic mass is 10.1. The average Bonchev–Trinajstić information content (AvgIpc) is 2.46. The van der Waals surface area contributed by atoms with Gasteiger partial charge in [0.1, 0.15) is 5.82 Å². The van der Waals surface area contributed by atoms with Gasteiger partial charge < -0.3 is 15.0 Å². The third-order valence-electron chi connectivity index (χ3n) is 3.55. The van der Waals surface area contributed by atoms with Gasteiger partial charge in [-0.2, -0.15) is 0 Å². The van der Waals surface area contributed by atoms with Crippen LogP contribution in [0.3, 0.4) is 0 Å². The quantitative estimate of drug-likeness (QED) is 0.901. The molecule has 1 N–H and O–H groups in total. The molecule has 2 heterocycles. The van der Waals surface area contributed by atoms with Crippen molar-refractivity contribution < 1.29 is 4.74 Å². The molecular formula is C14H22ClN3O. The van der Waals surface area contributed by atoms with Crippen LogP contribution in [0.25, 0.3) is 0 Å². The third-order valence-corrected chi connectivity index (χ3v) is 3.89. The normalized spacial score (nSPS) is 16.6. The number of pyridine rings is 1. The van der Waals surface area contributed by atoms with E-state index in [1.807, 2.05) is 12.1 Å². The first-order valence-corrected chi connectivity index (χ1v) is 7.27. The molecule has 0 aliphatic carbocycles. The number of hydrogen-bond acceptors (Lipinski definition) is 4. The number of nitrogens with one attached hydrogen (secondary N) is 1. The van der Waals surface area contributed by atoms with Gasteiger partial charge in [-0.3, -0.25) is 0 Å². The number of rotatable bonds is 5. The third kappa shape index (κ3) is 3.81. The van der Waals surface area contributed by atoms with Gasteiger partial charge >= 0.3 is 0 Å². The lowest BCUT2D eigenvalue weighted by Crippen LogP contribution is -2.37. The van der Waals surface area contributed by atoms with Gasteiger partial charge in [-0.05, 0) is 31.5 Å². The second kappa shape index (κ2) is 7.08. The average molecular weight is 284 g/mol. The van der Waals surface area contributed by atoms with E-state index in [1.54, 1.807) is 0 Å². The monoisotopic (exact) mass is 283 g/mol. The molecule has 1 aliphatic rings. The number of nitrogens with zero attached hydrogens (tertiary/aromatic N) is 2. The molecule has 0 aromatic carbocycles. The Bertz CT molecular complexity index is 408. The van der Waals surface area contributed by atoms with Gasteiger partial charge in [-0.1, -0.05) is 18.5 Å². The molecule has 4 nitrogen and oxygen atoms in total. The summed E-state index contributed by atoms with van der Waals surface area (Å²) < 4.78 is 5.40. The smallest absolute Gasteiger partial charge is 0.128 e. The Kier molecular flexibility index (Phi) is 5.43. The zero-order valence-corrected chi connectivity index (χ0v) is 12.4. The Morgan fingerprint density at radius 2 is 2.16 bits per heavy atom. The number of halogens is 1. The summed E-state index contributed by atoms with van der Waals surface area (Å²) in [6, 6.07) is 4.44. The molecule has 0 atom stereocenters. The molecular weight excluding hydrogens is 262 g/mol. The zero-order valence-electron chi connectivity index (χ0n) is 11.7. The Hall–Kier alpha value is -0.840. The number of ether oxygens (including phenoxy) is 1. The molecule has 0 radical (unpaired) electrons. The highest BCUT2D eigenvalue weighted by atomic mass is 35.5. The SMILES string of the molecule is CCNCc1nc(N(C)C2CCOCC2)ccc1Cl. The van der Waals surface area contributed by atoms with Crippen molar-refractivity contribution in [1.29, 1.82) is 0 Å².